The van der Waals surface area contributed by atoms with Gasteiger partial charge in [0, 0.05) is 13.1 Å². The van der Waals surface area contributed by atoms with Gasteiger partial charge in [-0.15, -0.1) is 0 Å². The molecule has 1 heterocycles. The van der Waals surface area contributed by atoms with Crippen LogP contribution in [0, 0.1) is 12.8 Å². The van der Waals surface area contributed by atoms with Gasteiger partial charge in [0.1, 0.15) is 0 Å². The van der Waals surface area contributed by atoms with E-state index in [0.717, 1.165) is 25.8 Å². The van der Waals surface area contributed by atoms with E-state index in [0.29, 0.717) is 24.6 Å². The van der Waals surface area contributed by atoms with Crippen molar-refractivity contribution in [2.24, 2.45) is 5.92 Å². The van der Waals surface area contributed by atoms with E-state index in [1.807, 2.05) is 7.05 Å². The van der Waals surface area contributed by atoms with Gasteiger partial charge in [-0.25, -0.2) is 13.2 Å². The van der Waals surface area contributed by atoms with Crippen molar-refractivity contribution in [3.8, 4) is 0 Å². The summed E-state index contributed by atoms with van der Waals surface area (Å²) < 4.78 is 32.1. The lowest BCUT2D eigenvalue weighted by Gasteiger charge is -2.31. The molecule has 1 aliphatic rings. The van der Waals surface area contributed by atoms with E-state index in [-0.39, 0.29) is 10.5 Å². The summed E-state index contributed by atoms with van der Waals surface area (Å²) in [5.74, 6) is 0.0311. The first-order valence-electron chi connectivity index (χ1n) is 8.24. The predicted octanol–water partition coefficient (Wildman–Crippen LogP) is 1.79. The van der Waals surface area contributed by atoms with Crippen molar-refractivity contribution in [2.75, 3.05) is 33.8 Å². The molecule has 0 radical (unpaired) electrons. The number of carbonyl (C=O) groups excluding carboxylic acids is 1. The second-order valence-corrected chi connectivity index (χ2v) is 8.12. The Morgan fingerprint density at radius 2 is 2.00 bits per heavy atom. The molecule has 0 amide bonds. The number of rotatable bonds is 6. The molecule has 0 aliphatic carbocycles. The molecule has 24 heavy (non-hydrogen) atoms. The maximum Gasteiger partial charge on any atom is 0.337 e. The van der Waals surface area contributed by atoms with E-state index >= 15 is 0 Å². The smallest absolute Gasteiger partial charge is 0.337 e. The van der Waals surface area contributed by atoms with Crippen molar-refractivity contribution in [1.82, 2.24) is 9.62 Å². The molecule has 0 bridgehead atoms. The van der Waals surface area contributed by atoms with Gasteiger partial charge < -0.3 is 10.1 Å². The number of piperidine rings is 1. The molecule has 6 nitrogen and oxygen atoms in total. The quantitative estimate of drug-likeness (QED) is 0.788. The Morgan fingerprint density at radius 3 is 2.58 bits per heavy atom. The molecule has 0 aromatic heterocycles. The first kappa shape index (κ1) is 18.9. The first-order valence-corrected chi connectivity index (χ1v) is 9.68. The van der Waals surface area contributed by atoms with Gasteiger partial charge in [0.15, 0.2) is 0 Å². The van der Waals surface area contributed by atoms with Gasteiger partial charge >= 0.3 is 5.97 Å². The normalized spacial score (nSPS) is 17.0. The Bertz CT molecular complexity index is 680. The lowest BCUT2D eigenvalue weighted by molar-refractivity contribution is 0.0600. The molecule has 1 aromatic carbocycles. The molecule has 1 N–H and O–H groups in total. The third-order valence-corrected chi connectivity index (χ3v) is 6.64. The molecule has 1 aliphatic heterocycles. The lowest BCUT2D eigenvalue weighted by atomic mass is 9.95. The van der Waals surface area contributed by atoms with Crippen molar-refractivity contribution >= 4 is 16.0 Å². The summed E-state index contributed by atoms with van der Waals surface area (Å²) in [7, 11) is -0.380. The molecule has 134 valence electrons. The van der Waals surface area contributed by atoms with Crippen LogP contribution in [0.3, 0.4) is 0 Å². The number of hydrogen-bond acceptors (Lipinski definition) is 5. The molecule has 7 heteroatoms. The largest absolute Gasteiger partial charge is 0.465 e. The molecule has 0 saturated carbocycles. The van der Waals surface area contributed by atoms with E-state index < -0.39 is 16.0 Å². The van der Waals surface area contributed by atoms with Crippen LogP contribution in [0.25, 0.3) is 0 Å². The second kappa shape index (κ2) is 8.09. The van der Waals surface area contributed by atoms with Crippen molar-refractivity contribution in [1.29, 1.82) is 0 Å². The number of nitrogens with zero attached hydrogens (tertiary/aromatic N) is 1. The highest BCUT2D eigenvalue weighted by atomic mass is 32.2. The number of benzene rings is 1. The number of carbonyl (C=O) groups is 1. The van der Waals surface area contributed by atoms with Gasteiger partial charge in [0.05, 0.1) is 17.6 Å². The van der Waals surface area contributed by atoms with E-state index in [1.54, 1.807) is 19.1 Å². The Balaban J connectivity index is 2.18. The predicted molar refractivity (Wildman–Crippen MR) is 92.5 cm³/mol. The van der Waals surface area contributed by atoms with Gasteiger partial charge in [-0.2, -0.15) is 4.31 Å². The number of esters is 1. The van der Waals surface area contributed by atoms with Crippen molar-refractivity contribution in [2.45, 2.75) is 31.1 Å². The van der Waals surface area contributed by atoms with Crippen LogP contribution in [0.4, 0.5) is 0 Å². The SMILES string of the molecule is CNCCC1CCN(S(=O)(=O)c2cc(C(=O)OC)ccc2C)CC1. The fourth-order valence-corrected chi connectivity index (χ4v) is 4.77. The third-order valence-electron chi connectivity index (χ3n) is 4.60. The average molecular weight is 354 g/mol. The number of methoxy groups -OCH3 is 1. The van der Waals surface area contributed by atoms with Crippen LogP contribution in [-0.4, -0.2) is 52.5 Å². The average Bonchev–Trinajstić information content (AvgIpc) is 2.59. The van der Waals surface area contributed by atoms with Crippen molar-refractivity contribution in [3.63, 3.8) is 0 Å². The minimum absolute atomic E-state index is 0.194. The van der Waals surface area contributed by atoms with E-state index in [1.165, 1.54) is 17.5 Å². The summed E-state index contributed by atoms with van der Waals surface area (Å²) in [5.41, 5.74) is 0.894. The molecule has 1 aromatic rings. The number of nitrogens with one attached hydrogen (secondary N) is 1. The van der Waals surface area contributed by atoms with Gasteiger partial charge in [-0.3, -0.25) is 0 Å². The molecule has 0 atom stereocenters. The van der Waals surface area contributed by atoms with Gasteiger partial charge in [-0.1, -0.05) is 6.07 Å². The van der Waals surface area contributed by atoms with Crippen LogP contribution in [0.1, 0.15) is 35.2 Å². The molecule has 0 unspecified atom stereocenters. The van der Waals surface area contributed by atoms with Crippen LogP contribution in [0.5, 0.6) is 0 Å². The van der Waals surface area contributed by atoms with Crippen LogP contribution < -0.4 is 5.32 Å². The summed E-state index contributed by atoms with van der Waals surface area (Å²) in [5, 5.41) is 3.14. The summed E-state index contributed by atoms with van der Waals surface area (Å²) in [6, 6.07) is 4.66. The van der Waals surface area contributed by atoms with Crippen molar-refractivity contribution < 1.29 is 17.9 Å². The first-order chi connectivity index (χ1) is 11.4. The Hall–Kier alpha value is -1.44. The lowest BCUT2D eigenvalue weighted by Crippen LogP contribution is -2.39. The standard InChI is InChI=1S/C17H26N2O4S/c1-13-4-5-15(17(20)23-3)12-16(13)24(21,22)19-10-7-14(8-11-19)6-9-18-2/h4-5,12,14,18H,6-11H2,1-3H3. The van der Waals surface area contributed by atoms with Crippen molar-refractivity contribution in [3.05, 3.63) is 29.3 Å². The minimum Gasteiger partial charge on any atom is -0.465 e. The van der Waals surface area contributed by atoms with Crippen LogP contribution in [0.2, 0.25) is 0 Å². The summed E-state index contributed by atoms with van der Waals surface area (Å²) in [4.78, 5) is 11.9. The van der Waals surface area contributed by atoms with Crippen LogP contribution in [-0.2, 0) is 14.8 Å². The molecular weight excluding hydrogens is 328 g/mol. The van der Waals surface area contributed by atoms with Crippen LogP contribution >= 0.6 is 0 Å². The number of aryl methyl sites for hydroxylation is 1. The molecule has 0 spiro atoms. The second-order valence-electron chi connectivity index (χ2n) is 6.21. The maximum atomic E-state index is 13.0. The highest BCUT2D eigenvalue weighted by Crippen LogP contribution is 2.27. The number of sulfonamides is 1. The highest BCUT2D eigenvalue weighted by molar-refractivity contribution is 7.89. The van der Waals surface area contributed by atoms with Gasteiger partial charge in [0.25, 0.3) is 0 Å². The summed E-state index contributed by atoms with van der Waals surface area (Å²) in [6.45, 7) is 3.75. The third kappa shape index (κ3) is 4.15. The minimum atomic E-state index is -3.59. The number of hydrogen-bond donors (Lipinski definition) is 1. The number of ether oxygens (including phenoxy) is 1. The summed E-state index contributed by atoms with van der Waals surface area (Å²) in [6.07, 6.45) is 2.81. The van der Waals surface area contributed by atoms with Gasteiger partial charge in [0.2, 0.25) is 10.0 Å². The highest BCUT2D eigenvalue weighted by Gasteiger charge is 2.30. The van der Waals surface area contributed by atoms with Crippen LogP contribution in [0.15, 0.2) is 23.1 Å². The summed E-state index contributed by atoms with van der Waals surface area (Å²) >= 11 is 0. The van der Waals surface area contributed by atoms with E-state index in [9.17, 15) is 13.2 Å². The fraction of sp³-hybridized carbons (Fsp3) is 0.588. The van der Waals surface area contributed by atoms with E-state index in [4.69, 9.17) is 0 Å². The Labute approximate surface area is 144 Å². The molecule has 1 saturated heterocycles. The Kier molecular flexibility index (Phi) is 6.37. The van der Waals surface area contributed by atoms with Gasteiger partial charge in [-0.05, 0) is 63.4 Å². The fourth-order valence-electron chi connectivity index (χ4n) is 3.05. The molecular formula is C17H26N2O4S. The van der Waals surface area contributed by atoms with E-state index in [2.05, 4.69) is 10.1 Å². The zero-order chi connectivity index (χ0) is 17.7. The zero-order valence-electron chi connectivity index (χ0n) is 14.5. The topological polar surface area (TPSA) is 75.7 Å². The molecule has 1 fully saturated rings. The maximum absolute atomic E-state index is 13.0. The zero-order valence-corrected chi connectivity index (χ0v) is 15.4. The molecule has 2 rings (SSSR count). The Morgan fingerprint density at radius 1 is 1.33 bits per heavy atom. The monoisotopic (exact) mass is 354 g/mol.